The van der Waals surface area contributed by atoms with Crippen molar-refractivity contribution in [3.05, 3.63) is 57.3 Å². The molecule has 0 spiro atoms. The van der Waals surface area contributed by atoms with E-state index in [1.807, 2.05) is 25.1 Å². The maximum absolute atomic E-state index is 13.0. The van der Waals surface area contributed by atoms with E-state index in [-0.39, 0.29) is 5.82 Å². The second-order valence-corrected chi connectivity index (χ2v) is 4.97. The van der Waals surface area contributed by atoms with Gasteiger partial charge in [-0.25, -0.2) is 4.39 Å². The summed E-state index contributed by atoms with van der Waals surface area (Å²) < 4.78 is 13.9. The minimum absolute atomic E-state index is 0.220. The first-order valence-electron chi connectivity index (χ1n) is 4.79. The van der Waals surface area contributed by atoms with Crippen molar-refractivity contribution < 1.29 is 4.39 Å². The second-order valence-electron chi connectivity index (χ2n) is 3.62. The lowest BCUT2D eigenvalue weighted by Gasteiger charge is -2.07. The lowest BCUT2D eigenvalue weighted by molar-refractivity contribution is 0.627. The van der Waals surface area contributed by atoms with Crippen molar-refractivity contribution >= 4 is 27.5 Å². The predicted molar refractivity (Wildman–Crippen MR) is 69.3 cm³/mol. The summed E-state index contributed by atoms with van der Waals surface area (Å²) in [6.07, 6.45) is 0. The molecule has 2 aromatic rings. The van der Waals surface area contributed by atoms with Crippen LogP contribution in [-0.2, 0) is 0 Å². The van der Waals surface area contributed by atoms with Gasteiger partial charge in [-0.15, -0.1) is 0 Å². The van der Waals surface area contributed by atoms with E-state index in [2.05, 4.69) is 15.9 Å². The van der Waals surface area contributed by atoms with Gasteiger partial charge in [-0.3, -0.25) is 0 Å². The molecule has 0 aromatic heterocycles. The van der Waals surface area contributed by atoms with Gasteiger partial charge in [0.25, 0.3) is 0 Å². The number of halogens is 3. The number of aryl methyl sites for hydroxylation is 1. The van der Waals surface area contributed by atoms with Crippen LogP contribution in [0.25, 0.3) is 11.1 Å². The summed E-state index contributed by atoms with van der Waals surface area (Å²) in [6.45, 7) is 1.88. The van der Waals surface area contributed by atoms with Gasteiger partial charge in [0.1, 0.15) is 5.82 Å². The van der Waals surface area contributed by atoms with Crippen LogP contribution in [0.4, 0.5) is 4.39 Å². The van der Waals surface area contributed by atoms with Gasteiger partial charge in [0, 0.05) is 9.50 Å². The molecule has 0 saturated heterocycles. The van der Waals surface area contributed by atoms with E-state index in [0.717, 1.165) is 21.2 Å². The fourth-order valence-corrected chi connectivity index (χ4v) is 2.52. The third kappa shape index (κ3) is 2.45. The molecule has 2 rings (SSSR count). The normalized spacial score (nSPS) is 10.5. The van der Waals surface area contributed by atoms with Crippen molar-refractivity contribution in [1.82, 2.24) is 0 Å². The second kappa shape index (κ2) is 4.56. The maximum Gasteiger partial charge on any atom is 0.123 e. The van der Waals surface area contributed by atoms with Crippen molar-refractivity contribution in [3.8, 4) is 11.1 Å². The molecule has 0 fully saturated rings. The highest BCUT2D eigenvalue weighted by molar-refractivity contribution is 9.10. The number of rotatable bonds is 1. The topological polar surface area (TPSA) is 0 Å². The summed E-state index contributed by atoms with van der Waals surface area (Å²) in [5.41, 5.74) is 2.87. The van der Waals surface area contributed by atoms with Crippen molar-refractivity contribution in [3.63, 3.8) is 0 Å². The van der Waals surface area contributed by atoms with Crippen molar-refractivity contribution in [2.45, 2.75) is 6.92 Å². The molecular weight excluding hydrogens is 290 g/mol. The van der Waals surface area contributed by atoms with Gasteiger partial charge >= 0.3 is 0 Å². The van der Waals surface area contributed by atoms with E-state index in [9.17, 15) is 4.39 Å². The number of benzene rings is 2. The molecule has 0 atom stereocenters. The Labute approximate surface area is 107 Å². The minimum Gasteiger partial charge on any atom is -0.207 e. The van der Waals surface area contributed by atoms with E-state index < -0.39 is 0 Å². The SMILES string of the molecule is Cc1cc(F)ccc1-c1cc(Cl)cc(Br)c1. The van der Waals surface area contributed by atoms with Gasteiger partial charge in [0.15, 0.2) is 0 Å². The van der Waals surface area contributed by atoms with Crippen LogP contribution in [-0.4, -0.2) is 0 Å². The van der Waals surface area contributed by atoms with Gasteiger partial charge < -0.3 is 0 Å². The Kier molecular flexibility index (Phi) is 3.31. The third-order valence-corrected chi connectivity index (χ3v) is 3.04. The predicted octanol–water partition coefficient (Wildman–Crippen LogP) is 5.22. The van der Waals surface area contributed by atoms with Gasteiger partial charge in [-0.05, 0) is 53.9 Å². The first kappa shape index (κ1) is 11.6. The van der Waals surface area contributed by atoms with E-state index in [0.29, 0.717) is 5.02 Å². The molecule has 0 radical (unpaired) electrons. The van der Waals surface area contributed by atoms with E-state index in [4.69, 9.17) is 11.6 Å². The summed E-state index contributed by atoms with van der Waals surface area (Å²) in [5.74, 6) is -0.220. The molecule has 0 heterocycles. The largest absolute Gasteiger partial charge is 0.207 e. The molecule has 2 aromatic carbocycles. The average Bonchev–Trinajstić information content (AvgIpc) is 2.15. The number of hydrogen-bond acceptors (Lipinski definition) is 0. The van der Waals surface area contributed by atoms with E-state index in [1.165, 1.54) is 12.1 Å². The molecule has 0 nitrogen and oxygen atoms in total. The fourth-order valence-electron chi connectivity index (χ4n) is 1.66. The van der Waals surface area contributed by atoms with Crippen LogP contribution in [0.2, 0.25) is 5.02 Å². The molecule has 0 bridgehead atoms. The molecule has 0 saturated carbocycles. The average molecular weight is 300 g/mol. The smallest absolute Gasteiger partial charge is 0.123 e. The summed E-state index contributed by atoms with van der Waals surface area (Å²) >= 11 is 9.37. The van der Waals surface area contributed by atoms with Crippen LogP contribution >= 0.6 is 27.5 Å². The Bertz CT molecular complexity index is 517. The summed E-state index contributed by atoms with van der Waals surface area (Å²) in [5, 5.41) is 0.660. The molecule has 16 heavy (non-hydrogen) atoms. The zero-order valence-electron chi connectivity index (χ0n) is 8.60. The molecule has 0 aliphatic heterocycles. The molecule has 0 amide bonds. The van der Waals surface area contributed by atoms with Gasteiger partial charge in [-0.2, -0.15) is 0 Å². The Balaban J connectivity index is 2.58. The molecule has 0 aliphatic rings. The maximum atomic E-state index is 13.0. The highest BCUT2D eigenvalue weighted by Crippen LogP contribution is 2.29. The van der Waals surface area contributed by atoms with Crippen LogP contribution in [0, 0.1) is 12.7 Å². The van der Waals surface area contributed by atoms with E-state index in [1.54, 1.807) is 6.07 Å². The minimum atomic E-state index is -0.220. The lowest BCUT2D eigenvalue weighted by Crippen LogP contribution is -1.85. The molecule has 82 valence electrons. The Morgan fingerprint density at radius 3 is 2.50 bits per heavy atom. The molecule has 0 aliphatic carbocycles. The zero-order chi connectivity index (χ0) is 11.7. The van der Waals surface area contributed by atoms with Crippen molar-refractivity contribution in [2.24, 2.45) is 0 Å². The van der Waals surface area contributed by atoms with Gasteiger partial charge in [0.05, 0.1) is 0 Å². The molecular formula is C13H9BrClF. The van der Waals surface area contributed by atoms with Crippen LogP contribution in [0.15, 0.2) is 40.9 Å². The standard InChI is InChI=1S/C13H9BrClF/c1-8-4-12(16)2-3-13(8)9-5-10(14)7-11(15)6-9/h2-7H,1H3. The highest BCUT2D eigenvalue weighted by Gasteiger charge is 2.05. The van der Waals surface area contributed by atoms with Crippen molar-refractivity contribution in [1.29, 1.82) is 0 Å². The fraction of sp³-hybridized carbons (Fsp3) is 0.0769. The van der Waals surface area contributed by atoms with Crippen LogP contribution in [0.1, 0.15) is 5.56 Å². The summed E-state index contributed by atoms with van der Waals surface area (Å²) in [7, 11) is 0. The summed E-state index contributed by atoms with van der Waals surface area (Å²) in [6, 6.07) is 10.4. The molecule has 3 heteroatoms. The first-order chi connectivity index (χ1) is 7.56. The Morgan fingerprint density at radius 2 is 1.88 bits per heavy atom. The molecule has 0 N–H and O–H groups in total. The first-order valence-corrected chi connectivity index (χ1v) is 5.96. The number of hydrogen-bond donors (Lipinski definition) is 0. The van der Waals surface area contributed by atoms with Crippen LogP contribution in [0.5, 0.6) is 0 Å². The van der Waals surface area contributed by atoms with Crippen LogP contribution in [0.3, 0.4) is 0 Å². The van der Waals surface area contributed by atoms with Gasteiger partial charge in [0.2, 0.25) is 0 Å². The quantitative estimate of drug-likeness (QED) is 0.677. The zero-order valence-corrected chi connectivity index (χ0v) is 10.9. The van der Waals surface area contributed by atoms with Crippen LogP contribution < -0.4 is 0 Å². The molecule has 0 unspecified atom stereocenters. The Morgan fingerprint density at radius 1 is 1.12 bits per heavy atom. The third-order valence-electron chi connectivity index (χ3n) is 2.36. The van der Waals surface area contributed by atoms with Gasteiger partial charge in [-0.1, -0.05) is 33.6 Å². The van der Waals surface area contributed by atoms with E-state index >= 15 is 0 Å². The van der Waals surface area contributed by atoms with Crippen molar-refractivity contribution in [2.75, 3.05) is 0 Å². The summed E-state index contributed by atoms with van der Waals surface area (Å²) in [4.78, 5) is 0. The Hall–Kier alpha value is -0.860. The lowest BCUT2D eigenvalue weighted by atomic mass is 10.0. The monoisotopic (exact) mass is 298 g/mol. The highest BCUT2D eigenvalue weighted by atomic mass is 79.9.